The monoisotopic (exact) mass is 259 g/mol. The Balaban J connectivity index is 1.84. The molecular formula is C14H17N3O2. The minimum Gasteiger partial charge on any atom is -0.325 e. The lowest BCUT2D eigenvalue weighted by atomic mass is 10.00. The summed E-state index contributed by atoms with van der Waals surface area (Å²) in [5.74, 6) is -0.186. The van der Waals surface area contributed by atoms with Gasteiger partial charge in [-0.05, 0) is 24.5 Å². The third-order valence-corrected chi connectivity index (χ3v) is 4.19. The van der Waals surface area contributed by atoms with Gasteiger partial charge < -0.3 is 5.73 Å². The van der Waals surface area contributed by atoms with Gasteiger partial charge in [-0.25, -0.2) is 0 Å². The summed E-state index contributed by atoms with van der Waals surface area (Å²) in [6, 6.07) is 3.68. The number of carbonyl (C=O) groups excluding carboxylic acids is 2. The molecule has 2 N–H and O–H groups in total. The van der Waals surface area contributed by atoms with Gasteiger partial charge in [-0.3, -0.25) is 19.5 Å². The normalized spacial score (nSPS) is 26.1. The minimum atomic E-state index is -0.0782. The summed E-state index contributed by atoms with van der Waals surface area (Å²) in [6.45, 7) is 0.629. The zero-order valence-electron chi connectivity index (χ0n) is 10.7. The van der Waals surface area contributed by atoms with Crippen molar-refractivity contribution in [2.75, 3.05) is 0 Å². The van der Waals surface area contributed by atoms with Crippen LogP contribution in [0.5, 0.6) is 0 Å². The van der Waals surface area contributed by atoms with E-state index >= 15 is 0 Å². The van der Waals surface area contributed by atoms with Gasteiger partial charge in [-0.2, -0.15) is 0 Å². The lowest BCUT2D eigenvalue weighted by Crippen LogP contribution is -2.31. The van der Waals surface area contributed by atoms with Gasteiger partial charge in [-0.1, -0.05) is 12.5 Å². The van der Waals surface area contributed by atoms with Gasteiger partial charge >= 0.3 is 0 Å². The second kappa shape index (κ2) is 4.74. The number of nitrogens with zero attached hydrogens (tertiary/aromatic N) is 2. The van der Waals surface area contributed by atoms with E-state index in [0.29, 0.717) is 13.1 Å². The average molecular weight is 259 g/mol. The Morgan fingerprint density at radius 2 is 1.95 bits per heavy atom. The molecular weight excluding hydrogens is 242 g/mol. The Kier molecular flexibility index (Phi) is 3.06. The summed E-state index contributed by atoms with van der Waals surface area (Å²) in [5, 5.41) is 0. The Morgan fingerprint density at radius 3 is 2.58 bits per heavy atom. The maximum atomic E-state index is 12.3. The van der Waals surface area contributed by atoms with Crippen LogP contribution in [0.15, 0.2) is 18.3 Å². The summed E-state index contributed by atoms with van der Waals surface area (Å²) in [7, 11) is 0. The third-order valence-electron chi connectivity index (χ3n) is 4.19. The molecule has 19 heavy (non-hydrogen) atoms. The van der Waals surface area contributed by atoms with Gasteiger partial charge in [0.15, 0.2) is 0 Å². The quantitative estimate of drug-likeness (QED) is 0.815. The molecule has 1 saturated heterocycles. The van der Waals surface area contributed by atoms with Gasteiger partial charge in [0, 0.05) is 12.7 Å². The Morgan fingerprint density at radius 1 is 1.26 bits per heavy atom. The molecule has 2 aliphatic rings. The number of amides is 2. The fraction of sp³-hybridized carbons (Fsp3) is 0.500. The molecule has 2 heterocycles. The van der Waals surface area contributed by atoms with Crippen molar-refractivity contribution in [1.29, 1.82) is 0 Å². The molecule has 0 aromatic carbocycles. The number of hydrogen-bond donors (Lipinski definition) is 1. The van der Waals surface area contributed by atoms with Gasteiger partial charge in [0.2, 0.25) is 11.8 Å². The minimum absolute atomic E-state index is 0.0145. The first kappa shape index (κ1) is 12.3. The van der Waals surface area contributed by atoms with E-state index in [4.69, 9.17) is 5.73 Å². The number of aromatic nitrogens is 1. The van der Waals surface area contributed by atoms with Crippen LogP contribution < -0.4 is 5.73 Å². The fourth-order valence-electron chi connectivity index (χ4n) is 3.19. The van der Waals surface area contributed by atoms with Crippen molar-refractivity contribution in [3.05, 3.63) is 29.6 Å². The first-order chi connectivity index (χ1) is 9.22. The van der Waals surface area contributed by atoms with Gasteiger partial charge in [0.25, 0.3) is 0 Å². The zero-order chi connectivity index (χ0) is 13.4. The topological polar surface area (TPSA) is 76.3 Å². The molecule has 2 atom stereocenters. The van der Waals surface area contributed by atoms with Crippen LogP contribution in [0, 0.1) is 11.8 Å². The summed E-state index contributed by atoms with van der Waals surface area (Å²) in [6.07, 6.45) is 4.36. The van der Waals surface area contributed by atoms with E-state index in [9.17, 15) is 9.59 Å². The summed E-state index contributed by atoms with van der Waals surface area (Å²) in [4.78, 5) is 30.1. The van der Waals surface area contributed by atoms with Gasteiger partial charge in [-0.15, -0.1) is 0 Å². The predicted molar refractivity (Wildman–Crippen MR) is 68.5 cm³/mol. The average Bonchev–Trinajstić information content (AvgIpc) is 2.99. The van der Waals surface area contributed by atoms with Crippen molar-refractivity contribution in [3.8, 4) is 0 Å². The molecule has 2 fully saturated rings. The second-order valence-corrected chi connectivity index (χ2v) is 5.22. The number of carbonyl (C=O) groups is 2. The Labute approximate surface area is 111 Å². The van der Waals surface area contributed by atoms with Crippen molar-refractivity contribution >= 4 is 11.8 Å². The standard InChI is InChI=1S/C14H17N3O2/c15-7-12-9(3-2-6-16-12)8-17-13(18)10-4-1-5-11(10)14(17)19/h2-3,6,10-11H,1,4-5,7-8,15H2. The molecule has 5 heteroatoms. The molecule has 5 nitrogen and oxygen atoms in total. The molecule has 1 aliphatic carbocycles. The molecule has 1 aromatic heterocycles. The number of hydrogen-bond acceptors (Lipinski definition) is 4. The highest BCUT2D eigenvalue weighted by atomic mass is 16.2. The molecule has 1 saturated carbocycles. The first-order valence-corrected chi connectivity index (χ1v) is 6.70. The number of nitrogens with two attached hydrogens (primary N) is 1. The maximum absolute atomic E-state index is 12.3. The molecule has 0 bridgehead atoms. The van der Waals surface area contributed by atoms with Crippen LogP contribution in [0.25, 0.3) is 0 Å². The van der Waals surface area contributed by atoms with Crippen molar-refractivity contribution in [2.45, 2.75) is 32.4 Å². The number of fused-ring (bicyclic) bond motifs is 1. The SMILES string of the molecule is NCc1ncccc1CN1C(=O)C2CCCC2C1=O. The number of rotatable bonds is 3. The van der Waals surface area contributed by atoms with E-state index in [1.165, 1.54) is 4.90 Å². The van der Waals surface area contributed by atoms with Crippen molar-refractivity contribution in [3.63, 3.8) is 0 Å². The Bertz CT molecular complexity index is 507. The van der Waals surface area contributed by atoms with Crippen LogP contribution in [0.3, 0.4) is 0 Å². The third kappa shape index (κ3) is 1.94. The van der Waals surface area contributed by atoms with E-state index in [0.717, 1.165) is 30.5 Å². The number of pyridine rings is 1. The van der Waals surface area contributed by atoms with Crippen LogP contribution in [-0.4, -0.2) is 21.7 Å². The van der Waals surface area contributed by atoms with E-state index in [1.54, 1.807) is 12.3 Å². The molecule has 2 unspecified atom stereocenters. The lowest BCUT2D eigenvalue weighted by Gasteiger charge is -2.17. The smallest absolute Gasteiger partial charge is 0.233 e. The lowest BCUT2D eigenvalue weighted by molar-refractivity contribution is -0.141. The van der Waals surface area contributed by atoms with E-state index < -0.39 is 0 Å². The molecule has 1 aliphatic heterocycles. The van der Waals surface area contributed by atoms with Crippen molar-refractivity contribution in [1.82, 2.24) is 9.88 Å². The van der Waals surface area contributed by atoms with Crippen molar-refractivity contribution in [2.24, 2.45) is 17.6 Å². The molecule has 3 rings (SSSR count). The number of likely N-dealkylation sites (tertiary alicyclic amines) is 1. The summed E-state index contributed by atoms with van der Waals surface area (Å²) >= 11 is 0. The van der Waals surface area contributed by atoms with Crippen LogP contribution in [0.1, 0.15) is 30.5 Å². The molecule has 1 aromatic rings. The zero-order valence-corrected chi connectivity index (χ0v) is 10.7. The highest BCUT2D eigenvalue weighted by Gasteiger charge is 2.49. The molecule has 0 radical (unpaired) electrons. The van der Waals surface area contributed by atoms with Crippen LogP contribution in [0.4, 0.5) is 0 Å². The number of imide groups is 1. The Hall–Kier alpha value is -1.75. The van der Waals surface area contributed by atoms with E-state index in [1.807, 2.05) is 6.07 Å². The maximum Gasteiger partial charge on any atom is 0.233 e. The van der Waals surface area contributed by atoms with E-state index in [-0.39, 0.29) is 23.7 Å². The predicted octanol–water partition coefficient (Wildman–Crippen LogP) is 0.825. The van der Waals surface area contributed by atoms with Gasteiger partial charge in [0.1, 0.15) is 0 Å². The van der Waals surface area contributed by atoms with Crippen molar-refractivity contribution < 1.29 is 9.59 Å². The summed E-state index contributed by atoms with van der Waals surface area (Å²) < 4.78 is 0. The fourth-order valence-corrected chi connectivity index (χ4v) is 3.19. The highest BCUT2D eigenvalue weighted by Crippen LogP contribution is 2.40. The molecule has 2 amide bonds. The molecule has 100 valence electrons. The molecule has 0 spiro atoms. The van der Waals surface area contributed by atoms with Crippen LogP contribution >= 0.6 is 0 Å². The van der Waals surface area contributed by atoms with Crippen LogP contribution in [0.2, 0.25) is 0 Å². The van der Waals surface area contributed by atoms with Gasteiger partial charge in [0.05, 0.1) is 24.1 Å². The first-order valence-electron chi connectivity index (χ1n) is 6.70. The van der Waals surface area contributed by atoms with E-state index in [2.05, 4.69) is 4.98 Å². The second-order valence-electron chi connectivity index (χ2n) is 5.22. The largest absolute Gasteiger partial charge is 0.325 e. The summed E-state index contributed by atoms with van der Waals surface area (Å²) in [5.41, 5.74) is 7.25. The highest BCUT2D eigenvalue weighted by molar-refractivity contribution is 6.05. The van der Waals surface area contributed by atoms with Crippen LogP contribution in [-0.2, 0) is 22.7 Å².